The summed E-state index contributed by atoms with van der Waals surface area (Å²) >= 11 is 3.02. The van der Waals surface area contributed by atoms with Crippen LogP contribution in [0.5, 0.6) is 0 Å². The molecule has 0 aliphatic carbocycles. The second-order valence-corrected chi connectivity index (χ2v) is 6.98. The summed E-state index contributed by atoms with van der Waals surface area (Å²) in [6, 6.07) is 12.1. The van der Waals surface area contributed by atoms with Gasteiger partial charge in [0.05, 0.1) is 23.3 Å². The fraction of sp³-hybridized carbons (Fsp3) is 0.200. The number of carboxylic acids is 1. The molecule has 0 aliphatic heterocycles. The fourth-order valence-electron chi connectivity index (χ4n) is 2.17. The van der Waals surface area contributed by atoms with E-state index in [1.165, 1.54) is 21.5 Å². The van der Waals surface area contributed by atoms with E-state index in [4.69, 9.17) is 5.11 Å². The average molecular weight is 318 g/mol. The molecule has 0 radical (unpaired) electrons. The maximum atomic E-state index is 10.8. The first-order valence-corrected chi connectivity index (χ1v) is 8.29. The van der Waals surface area contributed by atoms with Gasteiger partial charge < -0.3 is 9.67 Å². The van der Waals surface area contributed by atoms with Crippen molar-refractivity contribution >= 4 is 40.1 Å². The quantitative estimate of drug-likeness (QED) is 0.730. The molecule has 4 nitrogen and oxygen atoms in total. The first-order chi connectivity index (χ1) is 10.1. The molecule has 0 aliphatic rings. The van der Waals surface area contributed by atoms with Crippen molar-refractivity contribution in [3.8, 4) is 0 Å². The van der Waals surface area contributed by atoms with E-state index in [2.05, 4.69) is 28.6 Å². The number of benzene rings is 1. The van der Waals surface area contributed by atoms with Crippen LogP contribution in [0, 0.1) is 6.92 Å². The molecule has 2 aromatic heterocycles. The number of aliphatic carboxylic acids is 1. The number of hydrogen-bond acceptors (Lipinski definition) is 4. The molecular weight excluding hydrogens is 304 g/mol. The van der Waals surface area contributed by atoms with E-state index < -0.39 is 5.97 Å². The zero-order chi connectivity index (χ0) is 14.8. The van der Waals surface area contributed by atoms with Crippen LogP contribution >= 0.6 is 23.1 Å². The molecule has 21 heavy (non-hydrogen) atoms. The van der Waals surface area contributed by atoms with Gasteiger partial charge in [-0.1, -0.05) is 23.9 Å². The summed E-state index contributed by atoms with van der Waals surface area (Å²) in [4.78, 5) is 17.9. The minimum absolute atomic E-state index is 0.0206. The van der Waals surface area contributed by atoms with E-state index in [1.54, 1.807) is 11.3 Å². The molecule has 0 saturated heterocycles. The summed E-state index contributed by atoms with van der Waals surface area (Å²) in [5.74, 6) is -0.808. The first-order valence-electron chi connectivity index (χ1n) is 6.48. The number of carboxylic acid groups (broad SMARTS) is 1. The van der Waals surface area contributed by atoms with Crippen LogP contribution in [0.15, 0.2) is 41.6 Å². The second-order valence-electron chi connectivity index (χ2n) is 4.66. The summed E-state index contributed by atoms with van der Waals surface area (Å²) in [6.07, 6.45) is 0. The number of fused-ring (bicyclic) bond motifs is 1. The smallest absolute Gasteiger partial charge is 0.313 e. The number of thioether (sulfide) groups is 1. The lowest BCUT2D eigenvalue weighted by Crippen LogP contribution is -2.03. The molecular formula is C15H14N2O2S2. The Hall–Kier alpha value is -1.79. The van der Waals surface area contributed by atoms with E-state index in [0.717, 1.165) is 22.7 Å². The van der Waals surface area contributed by atoms with Crippen molar-refractivity contribution in [3.63, 3.8) is 0 Å². The highest BCUT2D eigenvalue weighted by Crippen LogP contribution is 2.26. The number of imidazole rings is 1. The Bertz CT molecular complexity index is 792. The van der Waals surface area contributed by atoms with Crippen LogP contribution < -0.4 is 0 Å². The van der Waals surface area contributed by atoms with Crippen molar-refractivity contribution in [1.29, 1.82) is 0 Å². The summed E-state index contributed by atoms with van der Waals surface area (Å²) < 4.78 is 2.09. The Morgan fingerprint density at radius 2 is 2.14 bits per heavy atom. The third-order valence-electron chi connectivity index (χ3n) is 3.05. The summed E-state index contributed by atoms with van der Waals surface area (Å²) in [6.45, 7) is 2.81. The molecule has 1 N–H and O–H groups in total. The van der Waals surface area contributed by atoms with Crippen LogP contribution in [0.3, 0.4) is 0 Å². The maximum absolute atomic E-state index is 10.8. The molecule has 0 bridgehead atoms. The van der Waals surface area contributed by atoms with Gasteiger partial charge in [-0.3, -0.25) is 4.79 Å². The molecule has 0 amide bonds. The normalized spacial score (nSPS) is 11.1. The number of thiophene rings is 1. The number of hydrogen-bond donors (Lipinski definition) is 1. The minimum atomic E-state index is -0.828. The topological polar surface area (TPSA) is 55.1 Å². The molecule has 0 fully saturated rings. The third kappa shape index (κ3) is 3.11. The number of aromatic nitrogens is 2. The van der Waals surface area contributed by atoms with Crippen LogP contribution in [0.25, 0.3) is 11.0 Å². The third-order valence-corrected chi connectivity index (χ3v) is 5.00. The van der Waals surface area contributed by atoms with Gasteiger partial charge in [0.25, 0.3) is 0 Å². The van der Waals surface area contributed by atoms with Gasteiger partial charge in [0.1, 0.15) is 0 Å². The molecule has 6 heteroatoms. The summed E-state index contributed by atoms with van der Waals surface area (Å²) in [5, 5.41) is 9.63. The molecule has 3 aromatic rings. The number of rotatable bonds is 5. The first kappa shape index (κ1) is 14.2. The second kappa shape index (κ2) is 5.91. The van der Waals surface area contributed by atoms with Crippen LogP contribution in [0.4, 0.5) is 0 Å². The molecule has 2 heterocycles. The molecule has 1 aromatic carbocycles. The molecule has 3 rings (SSSR count). The summed E-state index contributed by atoms with van der Waals surface area (Å²) in [7, 11) is 0. The predicted octanol–water partition coefficient (Wildman–Crippen LogP) is 3.63. The highest BCUT2D eigenvalue weighted by molar-refractivity contribution is 7.99. The molecule has 108 valence electrons. The molecule has 0 saturated carbocycles. The van der Waals surface area contributed by atoms with Crippen LogP contribution in [0.1, 0.15) is 9.75 Å². The molecule has 0 unspecified atom stereocenters. The molecule has 0 atom stereocenters. The largest absolute Gasteiger partial charge is 0.481 e. The molecule has 0 spiro atoms. The minimum Gasteiger partial charge on any atom is -0.481 e. The van der Waals surface area contributed by atoms with Gasteiger partial charge in [-0.15, -0.1) is 11.3 Å². The van der Waals surface area contributed by atoms with E-state index >= 15 is 0 Å². The van der Waals surface area contributed by atoms with Crippen molar-refractivity contribution < 1.29 is 9.90 Å². The highest BCUT2D eigenvalue weighted by atomic mass is 32.2. The van der Waals surface area contributed by atoms with Gasteiger partial charge >= 0.3 is 5.97 Å². The van der Waals surface area contributed by atoms with Crippen LogP contribution in [-0.4, -0.2) is 26.4 Å². The zero-order valence-corrected chi connectivity index (χ0v) is 13.1. The van der Waals surface area contributed by atoms with Gasteiger partial charge in [0.2, 0.25) is 0 Å². The zero-order valence-electron chi connectivity index (χ0n) is 11.4. The Kier molecular flexibility index (Phi) is 3.98. The van der Waals surface area contributed by atoms with Crippen molar-refractivity contribution in [3.05, 3.63) is 46.2 Å². The fourth-order valence-corrected chi connectivity index (χ4v) is 3.78. The Morgan fingerprint density at radius 1 is 1.33 bits per heavy atom. The lowest BCUT2D eigenvalue weighted by atomic mass is 10.3. The predicted molar refractivity (Wildman–Crippen MR) is 86.3 cm³/mol. The Balaban J connectivity index is 2.00. The SMILES string of the molecule is Cc1ccc(Cn2c(SCC(=O)O)nc3ccccc32)s1. The van der Waals surface area contributed by atoms with E-state index in [9.17, 15) is 4.79 Å². The van der Waals surface area contributed by atoms with Gasteiger partial charge in [0.15, 0.2) is 5.16 Å². The van der Waals surface area contributed by atoms with Crippen molar-refractivity contribution in [2.75, 3.05) is 5.75 Å². The maximum Gasteiger partial charge on any atom is 0.313 e. The monoisotopic (exact) mass is 318 g/mol. The number of aryl methyl sites for hydroxylation is 1. The van der Waals surface area contributed by atoms with Gasteiger partial charge in [-0.25, -0.2) is 4.98 Å². The van der Waals surface area contributed by atoms with Crippen molar-refractivity contribution in [1.82, 2.24) is 9.55 Å². The van der Waals surface area contributed by atoms with E-state index in [1.807, 2.05) is 24.3 Å². The van der Waals surface area contributed by atoms with Crippen molar-refractivity contribution in [2.45, 2.75) is 18.6 Å². The summed E-state index contributed by atoms with van der Waals surface area (Å²) in [5.41, 5.74) is 1.94. The number of para-hydroxylation sites is 2. The van der Waals surface area contributed by atoms with Gasteiger partial charge in [-0.2, -0.15) is 0 Å². The van der Waals surface area contributed by atoms with Gasteiger partial charge in [0, 0.05) is 9.75 Å². The van der Waals surface area contributed by atoms with Crippen molar-refractivity contribution in [2.24, 2.45) is 0 Å². The Morgan fingerprint density at radius 3 is 2.86 bits per heavy atom. The van der Waals surface area contributed by atoms with Crippen LogP contribution in [0.2, 0.25) is 0 Å². The number of carbonyl (C=O) groups is 1. The highest BCUT2D eigenvalue weighted by Gasteiger charge is 2.13. The lowest BCUT2D eigenvalue weighted by Gasteiger charge is -2.06. The average Bonchev–Trinajstić information content (AvgIpc) is 3.01. The van der Waals surface area contributed by atoms with Crippen LogP contribution in [-0.2, 0) is 11.3 Å². The Labute approximate surface area is 130 Å². The van der Waals surface area contributed by atoms with Gasteiger partial charge in [-0.05, 0) is 31.2 Å². The van der Waals surface area contributed by atoms with E-state index in [0.29, 0.717) is 0 Å². The number of nitrogens with zero attached hydrogens (tertiary/aromatic N) is 2. The standard InChI is InChI=1S/C15H14N2O2S2/c1-10-6-7-11(21-10)8-17-13-5-3-2-4-12(13)16-15(17)20-9-14(18)19/h2-7H,8-9H2,1H3,(H,18,19). The lowest BCUT2D eigenvalue weighted by molar-refractivity contribution is -0.133. The van der Waals surface area contributed by atoms with E-state index in [-0.39, 0.29) is 5.75 Å².